The fourth-order valence-corrected chi connectivity index (χ4v) is 5.22. The fourth-order valence-electron chi connectivity index (χ4n) is 4.96. The Balaban J connectivity index is 1.47. The lowest BCUT2D eigenvalue weighted by atomic mass is 9.97. The molecule has 2 fully saturated rings. The molecule has 31 heavy (non-hydrogen) atoms. The zero-order chi connectivity index (χ0) is 21.8. The number of hydrogen-bond donors (Lipinski definition) is 1. The SMILES string of the molecule is O=C(c1nn2c(c1Cl)N[C@@H](c1ccccc1)C[C@H]2C(F)(F)F)N1CCN2CCC[C@@H]2C1. The number of alkyl halides is 3. The Hall–Kier alpha value is -2.26. The Labute approximate surface area is 182 Å². The summed E-state index contributed by atoms with van der Waals surface area (Å²) in [5, 5.41) is 7.13. The third-order valence-corrected chi connectivity index (χ3v) is 6.93. The maximum atomic E-state index is 13.9. The molecule has 3 aliphatic rings. The van der Waals surface area contributed by atoms with Gasteiger partial charge in [0, 0.05) is 32.1 Å². The molecular weight excluding hydrogens is 431 g/mol. The lowest BCUT2D eigenvalue weighted by Gasteiger charge is -2.37. The van der Waals surface area contributed by atoms with Gasteiger partial charge in [-0.25, -0.2) is 4.68 Å². The maximum Gasteiger partial charge on any atom is 0.410 e. The minimum atomic E-state index is -4.52. The molecule has 1 aromatic heterocycles. The van der Waals surface area contributed by atoms with Crippen molar-refractivity contribution in [2.45, 2.75) is 43.6 Å². The number of hydrogen-bond acceptors (Lipinski definition) is 4. The van der Waals surface area contributed by atoms with Crippen LogP contribution in [0.1, 0.15) is 47.4 Å². The highest BCUT2D eigenvalue weighted by atomic mass is 35.5. The summed E-state index contributed by atoms with van der Waals surface area (Å²) in [6, 6.07) is 6.79. The van der Waals surface area contributed by atoms with E-state index < -0.39 is 24.2 Å². The van der Waals surface area contributed by atoms with Crippen LogP contribution in [0.15, 0.2) is 30.3 Å². The number of nitrogens with one attached hydrogen (secondary N) is 1. The number of halogens is 4. The third-order valence-electron chi connectivity index (χ3n) is 6.57. The van der Waals surface area contributed by atoms with Crippen molar-refractivity contribution in [3.63, 3.8) is 0 Å². The molecule has 0 unspecified atom stereocenters. The number of amides is 1. The molecule has 1 N–H and O–H groups in total. The minimum absolute atomic E-state index is 0.0475. The van der Waals surface area contributed by atoms with Crippen molar-refractivity contribution in [1.29, 1.82) is 0 Å². The Bertz CT molecular complexity index is 979. The normalized spacial score (nSPS) is 26.3. The molecule has 1 aromatic carbocycles. The largest absolute Gasteiger partial charge is 0.410 e. The zero-order valence-electron chi connectivity index (χ0n) is 16.8. The lowest BCUT2D eigenvalue weighted by molar-refractivity contribution is -0.173. The summed E-state index contributed by atoms with van der Waals surface area (Å²) in [6.45, 7) is 2.88. The number of carbonyl (C=O) groups is 1. The Kier molecular flexibility index (Phi) is 5.13. The van der Waals surface area contributed by atoms with Crippen LogP contribution in [0, 0.1) is 0 Å². The van der Waals surface area contributed by atoms with Gasteiger partial charge in [-0.05, 0) is 24.9 Å². The van der Waals surface area contributed by atoms with Crippen LogP contribution in [-0.4, -0.2) is 63.9 Å². The van der Waals surface area contributed by atoms with Crippen LogP contribution >= 0.6 is 11.6 Å². The number of piperazine rings is 1. The molecular formula is C21H23ClF3N5O. The number of aromatic nitrogens is 2. The second-order valence-electron chi connectivity index (χ2n) is 8.44. The van der Waals surface area contributed by atoms with Gasteiger partial charge >= 0.3 is 6.18 Å². The average molecular weight is 454 g/mol. The van der Waals surface area contributed by atoms with Gasteiger partial charge in [0.1, 0.15) is 10.8 Å². The molecule has 3 atom stereocenters. The van der Waals surface area contributed by atoms with E-state index in [1.165, 1.54) is 0 Å². The van der Waals surface area contributed by atoms with Gasteiger partial charge in [0.2, 0.25) is 0 Å². The molecule has 4 heterocycles. The molecule has 0 spiro atoms. The Morgan fingerprint density at radius 2 is 1.94 bits per heavy atom. The van der Waals surface area contributed by atoms with Crippen molar-refractivity contribution >= 4 is 23.3 Å². The highest BCUT2D eigenvalue weighted by molar-refractivity contribution is 6.36. The van der Waals surface area contributed by atoms with Crippen molar-refractivity contribution in [2.24, 2.45) is 0 Å². The predicted molar refractivity (Wildman–Crippen MR) is 110 cm³/mol. The molecule has 0 bridgehead atoms. The van der Waals surface area contributed by atoms with Gasteiger partial charge in [0.05, 0.1) is 6.04 Å². The molecule has 5 rings (SSSR count). The van der Waals surface area contributed by atoms with Crippen molar-refractivity contribution in [2.75, 3.05) is 31.5 Å². The van der Waals surface area contributed by atoms with Gasteiger partial charge in [0.15, 0.2) is 11.7 Å². The highest BCUT2D eigenvalue weighted by Crippen LogP contribution is 2.46. The van der Waals surface area contributed by atoms with E-state index in [9.17, 15) is 18.0 Å². The predicted octanol–water partition coefficient (Wildman–Crippen LogP) is 4.12. The summed E-state index contributed by atoms with van der Waals surface area (Å²) < 4.78 is 42.6. The molecule has 2 aromatic rings. The minimum Gasteiger partial charge on any atom is -0.362 e. The van der Waals surface area contributed by atoms with E-state index >= 15 is 0 Å². The van der Waals surface area contributed by atoms with Gasteiger partial charge in [0.25, 0.3) is 5.91 Å². The first-order chi connectivity index (χ1) is 14.8. The van der Waals surface area contributed by atoms with Gasteiger partial charge in [-0.15, -0.1) is 0 Å². The van der Waals surface area contributed by atoms with Crippen molar-refractivity contribution < 1.29 is 18.0 Å². The summed E-state index contributed by atoms with van der Waals surface area (Å²) in [5.41, 5.74) is 0.615. The monoisotopic (exact) mass is 453 g/mol. The fraction of sp³-hybridized carbons (Fsp3) is 0.524. The third kappa shape index (κ3) is 3.67. The van der Waals surface area contributed by atoms with E-state index in [0.717, 1.165) is 36.2 Å². The smallest absolute Gasteiger partial charge is 0.362 e. The van der Waals surface area contributed by atoms with Crippen molar-refractivity contribution in [3.8, 4) is 0 Å². The topological polar surface area (TPSA) is 53.4 Å². The molecule has 166 valence electrons. The molecule has 0 saturated carbocycles. The standard InChI is InChI=1S/C21H23ClF3N5O/c22-17-18(20(31)29-10-9-28-8-4-7-14(28)12-29)27-30-16(21(23,24)25)11-15(26-19(17)30)13-5-2-1-3-6-13/h1-3,5-6,14-16,26H,4,7-12H2/t14-,15-,16+/m1/s1. The highest BCUT2D eigenvalue weighted by Gasteiger charge is 2.48. The average Bonchev–Trinajstić information content (AvgIpc) is 3.36. The van der Waals surface area contributed by atoms with Crippen molar-refractivity contribution in [3.05, 3.63) is 46.6 Å². The van der Waals surface area contributed by atoms with Crippen LogP contribution in [0.3, 0.4) is 0 Å². The number of rotatable bonds is 2. The first-order valence-electron chi connectivity index (χ1n) is 10.5. The van der Waals surface area contributed by atoms with E-state index in [1.54, 1.807) is 29.2 Å². The molecule has 10 heteroatoms. The molecule has 6 nitrogen and oxygen atoms in total. The Morgan fingerprint density at radius 3 is 2.68 bits per heavy atom. The van der Waals surface area contributed by atoms with Crippen LogP contribution < -0.4 is 5.32 Å². The number of carbonyl (C=O) groups excluding carboxylic acids is 1. The molecule has 2 saturated heterocycles. The van der Waals surface area contributed by atoms with E-state index in [1.807, 2.05) is 6.07 Å². The lowest BCUT2D eigenvalue weighted by Crippen LogP contribution is -2.52. The second kappa shape index (κ2) is 7.70. The first-order valence-corrected chi connectivity index (χ1v) is 10.9. The Morgan fingerprint density at radius 1 is 1.16 bits per heavy atom. The summed E-state index contributed by atoms with van der Waals surface area (Å²) in [5.74, 6) is -0.357. The van der Waals surface area contributed by atoms with E-state index in [4.69, 9.17) is 11.6 Å². The van der Waals surface area contributed by atoms with Gasteiger partial charge in [-0.1, -0.05) is 41.9 Å². The quantitative estimate of drug-likeness (QED) is 0.743. The van der Waals surface area contributed by atoms with Crippen LogP contribution in [0.5, 0.6) is 0 Å². The van der Waals surface area contributed by atoms with Gasteiger partial charge in [-0.2, -0.15) is 18.3 Å². The molecule has 1 amide bonds. The molecule has 3 aliphatic heterocycles. The van der Waals surface area contributed by atoms with Gasteiger partial charge in [-0.3, -0.25) is 9.69 Å². The first kappa shape index (κ1) is 20.6. The summed E-state index contributed by atoms with van der Waals surface area (Å²) in [4.78, 5) is 17.2. The van der Waals surface area contributed by atoms with Crippen LogP contribution in [-0.2, 0) is 0 Å². The number of fused-ring (bicyclic) bond motifs is 2. The molecule has 0 radical (unpaired) electrons. The number of benzene rings is 1. The second-order valence-corrected chi connectivity index (χ2v) is 8.82. The van der Waals surface area contributed by atoms with Crippen LogP contribution in [0.2, 0.25) is 5.02 Å². The number of nitrogens with zero attached hydrogens (tertiary/aromatic N) is 4. The van der Waals surface area contributed by atoms with Crippen molar-refractivity contribution in [1.82, 2.24) is 19.6 Å². The van der Waals surface area contributed by atoms with E-state index in [-0.39, 0.29) is 23.0 Å². The van der Waals surface area contributed by atoms with Crippen LogP contribution in [0.4, 0.5) is 19.0 Å². The van der Waals surface area contributed by atoms with Gasteiger partial charge < -0.3 is 10.2 Å². The summed E-state index contributed by atoms with van der Waals surface area (Å²) in [7, 11) is 0. The van der Waals surface area contributed by atoms with E-state index in [2.05, 4.69) is 15.3 Å². The maximum absolute atomic E-state index is 13.9. The summed E-state index contributed by atoms with van der Waals surface area (Å²) in [6.07, 6.45) is -2.63. The molecule has 0 aliphatic carbocycles. The number of anilines is 1. The van der Waals surface area contributed by atoms with Crippen LogP contribution in [0.25, 0.3) is 0 Å². The van der Waals surface area contributed by atoms with E-state index in [0.29, 0.717) is 19.1 Å². The summed E-state index contributed by atoms with van der Waals surface area (Å²) >= 11 is 6.46. The zero-order valence-corrected chi connectivity index (χ0v) is 17.5.